The van der Waals surface area contributed by atoms with Crippen molar-refractivity contribution < 1.29 is 14.3 Å². The molecule has 0 radical (unpaired) electrons. The van der Waals surface area contributed by atoms with Crippen molar-refractivity contribution in [3.63, 3.8) is 0 Å². The minimum Gasteiger partial charge on any atom is -0.464 e. The van der Waals surface area contributed by atoms with E-state index in [1.54, 1.807) is 6.92 Å². The van der Waals surface area contributed by atoms with Gasteiger partial charge in [-0.1, -0.05) is 0 Å². The number of carbonyl (C=O) groups is 2. The van der Waals surface area contributed by atoms with Crippen molar-refractivity contribution in [1.82, 2.24) is 14.9 Å². The summed E-state index contributed by atoms with van der Waals surface area (Å²) >= 11 is 11.8. The number of esters is 1. The Labute approximate surface area is 174 Å². The number of rotatable bonds is 12. The standard InChI is InChI=1S/C19H26Cl2N4O3/c1-3-28-19(27)15(22-13-26)5-7-18-23-16-12-14(4-6-17(16)24(18)2)25(10-8-20)11-9-21/h4,6,12-13,15H,3,5,7-11H2,1-2H3,(H,22,26)/t15-/m0/s1. The fourth-order valence-electron chi connectivity index (χ4n) is 3.10. The van der Waals surface area contributed by atoms with Crippen LogP contribution in [0.2, 0.25) is 0 Å². The van der Waals surface area contributed by atoms with E-state index in [4.69, 9.17) is 32.9 Å². The van der Waals surface area contributed by atoms with Gasteiger partial charge in [-0.05, 0) is 31.5 Å². The number of nitrogens with zero attached hydrogens (tertiary/aromatic N) is 3. The minimum absolute atomic E-state index is 0.270. The molecule has 28 heavy (non-hydrogen) atoms. The molecule has 1 atom stereocenters. The van der Waals surface area contributed by atoms with Crippen LogP contribution >= 0.6 is 23.2 Å². The van der Waals surface area contributed by atoms with Crippen LogP contribution in [-0.2, 0) is 27.8 Å². The first-order chi connectivity index (χ1) is 13.5. The molecule has 9 heteroatoms. The van der Waals surface area contributed by atoms with E-state index >= 15 is 0 Å². The Bertz CT molecular complexity index is 791. The number of imidazole rings is 1. The summed E-state index contributed by atoms with van der Waals surface area (Å²) in [4.78, 5) is 29.6. The number of aryl methyl sites for hydroxylation is 2. The molecule has 2 rings (SSSR count). The van der Waals surface area contributed by atoms with Crippen molar-refractivity contribution >= 4 is 52.3 Å². The molecule has 1 heterocycles. The summed E-state index contributed by atoms with van der Waals surface area (Å²) in [7, 11) is 1.94. The Morgan fingerprint density at radius 1 is 1.36 bits per heavy atom. The summed E-state index contributed by atoms with van der Waals surface area (Å²) in [6.45, 7) is 3.42. The lowest BCUT2D eigenvalue weighted by Gasteiger charge is -2.22. The van der Waals surface area contributed by atoms with Crippen LogP contribution in [0.15, 0.2) is 18.2 Å². The van der Waals surface area contributed by atoms with E-state index in [1.165, 1.54) is 0 Å². The maximum absolute atomic E-state index is 12.0. The molecule has 0 aliphatic heterocycles. The van der Waals surface area contributed by atoms with Crippen molar-refractivity contribution in [3.8, 4) is 0 Å². The molecule has 0 spiro atoms. The van der Waals surface area contributed by atoms with Gasteiger partial charge in [0.05, 0.1) is 17.6 Å². The Kier molecular flexibility index (Phi) is 8.86. The Balaban J connectivity index is 2.20. The summed E-state index contributed by atoms with van der Waals surface area (Å²) in [6.07, 6.45) is 1.45. The number of carbonyl (C=O) groups excluding carboxylic acids is 2. The highest BCUT2D eigenvalue weighted by molar-refractivity contribution is 6.18. The largest absolute Gasteiger partial charge is 0.464 e. The van der Waals surface area contributed by atoms with Crippen molar-refractivity contribution in [3.05, 3.63) is 24.0 Å². The smallest absolute Gasteiger partial charge is 0.328 e. The molecule has 0 aliphatic carbocycles. The number of nitrogens with one attached hydrogen (secondary N) is 1. The zero-order valence-electron chi connectivity index (χ0n) is 16.2. The van der Waals surface area contributed by atoms with E-state index in [0.717, 1.165) is 22.5 Å². The molecule has 0 aliphatic rings. The fourth-order valence-corrected chi connectivity index (χ4v) is 3.51. The van der Waals surface area contributed by atoms with Gasteiger partial charge in [-0.15, -0.1) is 23.2 Å². The van der Waals surface area contributed by atoms with Gasteiger partial charge in [0, 0.05) is 44.0 Å². The predicted molar refractivity (Wildman–Crippen MR) is 112 cm³/mol. The molecule has 1 aromatic heterocycles. The second-order valence-corrected chi connectivity index (χ2v) is 7.01. The third-order valence-electron chi connectivity index (χ3n) is 4.53. The van der Waals surface area contributed by atoms with Gasteiger partial charge in [0.15, 0.2) is 0 Å². The summed E-state index contributed by atoms with van der Waals surface area (Å²) in [5.74, 6) is 1.42. The summed E-state index contributed by atoms with van der Waals surface area (Å²) in [5, 5.41) is 2.52. The summed E-state index contributed by atoms with van der Waals surface area (Å²) < 4.78 is 7.00. The Morgan fingerprint density at radius 2 is 2.07 bits per heavy atom. The molecule has 0 unspecified atom stereocenters. The van der Waals surface area contributed by atoms with Gasteiger partial charge >= 0.3 is 5.97 Å². The molecule has 1 N–H and O–H groups in total. The van der Waals surface area contributed by atoms with Gasteiger partial charge in [0.1, 0.15) is 11.9 Å². The molecule has 0 saturated heterocycles. The molecule has 0 saturated carbocycles. The maximum Gasteiger partial charge on any atom is 0.328 e. The van der Waals surface area contributed by atoms with Gasteiger partial charge in [0.2, 0.25) is 6.41 Å². The predicted octanol–water partition coefficient (Wildman–Crippen LogP) is 2.47. The number of fused-ring (bicyclic) bond motifs is 1. The quantitative estimate of drug-likeness (QED) is 0.319. The maximum atomic E-state index is 12.0. The van der Waals surface area contributed by atoms with E-state index in [2.05, 4.69) is 10.2 Å². The number of hydrogen-bond acceptors (Lipinski definition) is 5. The number of ether oxygens (including phenoxy) is 1. The van der Waals surface area contributed by atoms with Crippen LogP contribution in [0.1, 0.15) is 19.2 Å². The van der Waals surface area contributed by atoms with E-state index in [1.807, 2.05) is 29.8 Å². The first-order valence-electron chi connectivity index (χ1n) is 9.24. The second kappa shape index (κ2) is 11.1. The Hall–Kier alpha value is -1.99. The van der Waals surface area contributed by atoms with E-state index in [9.17, 15) is 9.59 Å². The number of aromatic nitrogens is 2. The van der Waals surface area contributed by atoms with Crippen LogP contribution in [0.4, 0.5) is 5.69 Å². The first-order valence-corrected chi connectivity index (χ1v) is 10.3. The number of benzene rings is 1. The SMILES string of the molecule is CCOC(=O)[C@H](CCc1nc2cc(N(CCCl)CCCl)ccc2n1C)NC=O. The molecule has 1 aromatic carbocycles. The van der Waals surface area contributed by atoms with Crippen molar-refractivity contribution in [2.45, 2.75) is 25.8 Å². The van der Waals surface area contributed by atoms with Gasteiger partial charge < -0.3 is 19.5 Å². The lowest BCUT2D eigenvalue weighted by molar-refractivity contribution is -0.146. The monoisotopic (exact) mass is 428 g/mol. The van der Waals surface area contributed by atoms with Crippen molar-refractivity contribution in [2.24, 2.45) is 7.05 Å². The number of amides is 1. The molecule has 0 fully saturated rings. The first kappa shape index (κ1) is 22.3. The molecule has 7 nitrogen and oxygen atoms in total. The lowest BCUT2D eigenvalue weighted by Crippen LogP contribution is -2.37. The zero-order valence-corrected chi connectivity index (χ0v) is 17.7. The lowest BCUT2D eigenvalue weighted by atomic mass is 10.1. The average Bonchev–Trinajstić information content (AvgIpc) is 3.00. The molecule has 154 valence electrons. The van der Waals surface area contributed by atoms with Gasteiger partial charge in [-0.25, -0.2) is 9.78 Å². The molecular formula is C19H26Cl2N4O3. The third kappa shape index (κ3) is 5.52. The number of halogens is 2. The van der Waals surface area contributed by atoms with Crippen LogP contribution in [0.25, 0.3) is 11.0 Å². The van der Waals surface area contributed by atoms with Gasteiger partial charge in [-0.2, -0.15) is 0 Å². The van der Waals surface area contributed by atoms with Crippen LogP contribution in [-0.4, -0.2) is 59.4 Å². The highest BCUT2D eigenvalue weighted by Gasteiger charge is 2.20. The molecular weight excluding hydrogens is 403 g/mol. The van der Waals surface area contributed by atoms with Gasteiger partial charge in [0.25, 0.3) is 0 Å². The third-order valence-corrected chi connectivity index (χ3v) is 4.87. The average molecular weight is 429 g/mol. The van der Waals surface area contributed by atoms with Crippen LogP contribution < -0.4 is 10.2 Å². The molecule has 0 bridgehead atoms. The number of hydrogen-bond donors (Lipinski definition) is 1. The van der Waals surface area contributed by atoms with Crippen molar-refractivity contribution in [1.29, 1.82) is 0 Å². The van der Waals surface area contributed by atoms with E-state index < -0.39 is 12.0 Å². The topological polar surface area (TPSA) is 76.5 Å². The van der Waals surface area contributed by atoms with Gasteiger partial charge in [-0.3, -0.25) is 4.79 Å². The van der Waals surface area contributed by atoms with Crippen molar-refractivity contribution in [2.75, 3.05) is 36.4 Å². The second-order valence-electron chi connectivity index (χ2n) is 6.25. The summed E-state index contributed by atoms with van der Waals surface area (Å²) in [6, 6.07) is 5.38. The molecule has 1 amide bonds. The van der Waals surface area contributed by atoms with Crippen LogP contribution in [0.3, 0.4) is 0 Å². The molecule has 2 aromatic rings. The van der Waals surface area contributed by atoms with Crippen LogP contribution in [0, 0.1) is 0 Å². The Morgan fingerprint density at radius 3 is 2.68 bits per heavy atom. The summed E-state index contributed by atoms with van der Waals surface area (Å²) in [5.41, 5.74) is 2.87. The highest BCUT2D eigenvalue weighted by atomic mass is 35.5. The van der Waals surface area contributed by atoms with E-state index in [-0.39, 0.29) is 6.61 Å². The number of anilines is 1. The normalized spacial score (nSPS) is 12.0. The fraction of sp³-hybridized carbons (Fsp3) is 0.526. The highest BCUT2D eigenvalue weighted by Crippen LogP contribution is 2.23. The van der Waals surface area contributed by atoms with Crippen LogP contribution in [0.5, 0.6) is 0 Å². The number of alkyl halides is 2. The van der Waals surface area contributed by atoms with E-state index in [0.29, 0.717) is 44.1 Å². The zero-order chi connectivity index (χ0) is 20.5. The minimum atomic E-state index is -0.684.